The van der Waals surface area contributed by atoms with Crippen molar-refractivity contribution in [2.24, 2.45) is 0 Å². The fourth-order valence-corrected chi connectivity index (χ4v) is 1.53. The van der Waals surface area contributed by atoms with Crippen LogP contribution in [0.4, 0.5) is 4.39 Å². The van der Waals surface area contributed by atoms with E-state index in [1.165, 1.54) is 13.0 Å². The van der Waals surface area contributed by atoms with Gasteiger partial charge in [0, 0.05) is 5.56 Å². The van der Waals surface area contributed by atoms with Crippen molar-refractivity contribution < 1.29 is 24.5 Å². The Morgan fingerprint density at radius 2 is 2.00 bits per heavy atom. The molecule has 1 unspecified atom stereocenters. The van der Waals surface area contributed by atoms with E-state index in [2.05, 4.69) is 0 Å². The fourth-order valence-electron chi connectivity index (χ4n) is 1.53. The van der Waals surface area contributed by atoms with Crippen molar-refractivity contribution in [2.75, 3.05) is 0 Å². The van der Waals surface area contributed by atoms with E-state index in [4.69, 9.17) is 5.11 Å². The molecule has 0 spiro atoms. The molecule has 5 heteroatoms. The molecule has 4 nitrogen and oxygen atoms in total. The number of aryl methyl sites for hydroxylation is 1. The molecule has 0 bridgehead atoms. The number of aromatic hydroxyl groups is 2. The number of rotatable bonds is 3. The number of benzene rings is 1. The monoisotopic (exact) mass is 228 g/mol. The Morgan fingerprint density at radius 1 is 1.44 bits per heavy atom. The highest BCUT2D eigenvalue weighted by molar-refractivity contribution is 5.68. The van der Waals surface area contributed by atoms with E-state index in [0.29, 0.717) is 0 Å². The van der Waals surface area contributed by atoms with Gasteiger partial charge in [-0.2, -0.15) is 4.39 Å². The molecular weight excluding hydrogens is 215 g/mol. The number of carboxylic acids is 1. The van der Waals surface area contributed by atoms with Crippen LogP contribution in [-0.4, -0.2) is 21.3 Å². The Kier molecular flexibility index (Phi) is 3.37. The van der Waals surface area contributed by atoms with E-state index in [0.717, 1.165) is 0 Å². The first-order chi connectivity index (χ1) is 7.34. The molecule has 0 fully saturated rings. The van der Waals surface area contributed by atoms with Crippen LogP contribution in [0.5, 0.6) is 11.5 Å². The molecule has 0 saturated heterocycles. The molecule has 0 saturated carbocycles. The number of hydrogen-bond acceptors (Lipinski definition) is 3. The van der Waals surface area contributed by atoms with Crippen molar-refractivity contribution in [3.05, 3.63) is 23.0 Å². The van der Waals surface area contributed by atoms with Gasteiger partial charge in [-0.25, -0.2) is 0 Å². The second-order valence-corrected chi connectivity index (χ2v) is 3.79. The van der Waals surface area contributed by atoms with Crippen molar-refractivity contribution in [1.29, 1.82) is 0 Å². The Labute approximate surface area is 92.0 Å². The molecule has 88 valence electrons. The van der Waals surface area contributed by atoms with Gasteiger partial charge in [0.2, 0.25) is 5.82 Å². The maximum Gasteiger partial charge on any atom is 0.303 e. The van der Waals surface area contributed by atoms with E-state index in [-0.39, 0.29) is 17.5 Å². The summed E-state index contributed by atoms with van der Waals surface area (Å²) >= 11 is 0. The Morgan fingerprint density at radius 3 is 2.50 bits per heavy atom. The minimum absolute atomic E-state index is 0.190. The van der Waals surface area contributed by atoms with Crippen LogP contribution in [-0.2, 0) is 4.79 Å². The van der Waals surface area contributed by atoms with Crippen molar-refractivity contribution in [3.8, 4) is 11.5 Å². The molecule has 0 aromatic heterocycles. The van der Waals surface area contributed by atoms with E-state index >= 15 is 0 Å². The molecule has 0 amide bonds. The van der Waals surface area contributed by atoms with Gasteiger partial charge in [-0.1, -0.05) is 6.92 Å². The molecule has 0 radical (unpaired) electrons. The van der Waals surface area contributed by atoms with Gasteiger partial charge in [0.15, 0.2) is 11.5 Å². The number of carbonyl (C=O) groups is 1. The summed E-state index contributed by atoms with van der Waals surface area (Å²) < 4.78 is 13.3. The van der Waals surface area contributed by atoms with Crippen LogP contribution in [0.1, 0.15) is 30.4 Å². The molecule has 1 atom stereocenters. The minimum atomic E-state index is -1.10. The quantitative estimate of drug-likeness (QED) is 0.740. The number of phenols is 2. The average Bonchev–Trinajstić information content (AvgIpc) is 2.19. The molecule has 1 rings (SSSR count). The number of aliphatic carboxylic acids is 1. The first-order valence-electron chi connectivity index (χ1n) is 4.77. The highest BCUT2D eigenvalue weighted by Crippen LogP contribution is 2.36. The number of phenolic OH excluding ortho intramolecular Hbond substituents is 2. The molecule has 0 aliphatic heterocycles. The molecule has 16 heavy (non-hydrogen) atoms. The van der Waals surface area contributed by atoms with Gasteiger partial charge in [0.25, 0.3) is 0 Å². The molecular formula is C11H13FO4. The molecule has 0 aliphatic carbocycles. The first kappa shape index (κ1) is 12.3. The predicted octanol–water partition coefficient (Wildman–Crippen LogP) is 2.12. The lowest BCUT2D eigenvalue weighted by Crippen LogP contribution is -2.04. The maximum absolute atomic E-state index is 13.3. The molecule has 1 aromatic rings. The van der Waals surface area contributed by atoms with Crippen LogP contribution in [0.15, 0.2) is 6.07 Å². The van der Waals surface area contributed by atoms with E-state index in [9.17, 15) is 19.4 Å². The molecule has 3 N–H and O–H groups in total. The van der Waals surface area contributed by atoms with Gasteiger partial charge in [-0.05, 0) is 24.5 Å². The van der Waals surface area contributed by atoms with Crippen LogP contribution in [0, 0.1) is 12.7 Å². The highest BCUT2D eigenvalue weighted by Gasteiger charge is 2.20. The zero-order chi connectivity index (χ0) is 12.5. The standard InChI is InChI=1S/C11H13FO4/c1-5(4-8(13)14)7-3-6(2)10(15)9(12)11(7)16/h3,5,15-16H,4H2,1-2H3,(H,13,14). The zero-order valence-electron chi connectivity index (χ0n) is 8.99. The van der Waals surface area contributed by atoms with Crippen LogP contribution >= 0.6 is 0 Å². The average molecular weight is 228 g/mol. The summed E-state index contributed by atoms with van der Waals surface area (Å²) in [6, 6.07) is 1.39. The summed E-state index contributed by atoms with van der Waals surface area (Å²) in [6.07, 6.45) is -0.211. The predicted molar refractivity (Wildman–Crippen MR) is 55.1 cm³/mol. The normalized spacial score (nSPS) is 12.4. The highest BCUT2D eigenvalue weighted by atomic mass is 19.1. The third kappa shape index (κ3) is 2.24. The third-order valence-electron chi connectivity index (χ3n) is 2.45. The summed E-state index contributed by atoms with van der Waals surface area (Å²) in [5.41, 5.74) is 0.456. The van der Waals surface area contributed by atoms with E-state index < -0.39 is 29.2 Å². The van der Waals surface area contributed by atoms with Gasteiger partial charge in [-0.15, -0.1) is 0 Å². The van der Waals surface area contributed by atoms with Crippen LogP contribution in [0.2, 0.25) is 0 Å². The van der Waals surface area contributed by atoms with Gasteiger partial charge >= 0.3 is 5.97 Å². The molecule has 0 heterocycles. The minimum Gasteiger partial charge on any atom is -0.505 e. The van der Waals surface area contributed by atoms with Gasteiger partial charge in [0.05, 0.1) is 6.42 Å². The fraction of sp³-hybridized carbons (Fsp3) is 0.364. The van der Waals surface area contributed by atoms with Crippen LogP contribution in [0.3, 0.4) is 0 Å². The van der Waals surface area contributed by atoms with Crippen molar-refractivity contribution >= 4 is 5.97 Å². The lowest BCUT2D eigenvalue weighted by Gasteiger charge is -2.14. The number of halogens is 1. The van der Waals surface area contributed by atoms with Crippen LogP contribution < -0.4 is 0 Å². The van der Waals surface area contributed by atoms with Crippen molar-refractivity contribution in [2.45, 2.75) is 26.2 Å². The zero-order valence-corrected chi connectivity index (χ0v) is 8.99. The summed E-state index contributed by atoms with van der Waals surface area (Å²) in [5.74, 6) is -3.95. The topological polar surface area (TPSA) is 77.8 Å². The van der Waals surface area contributed by atoms with Crippen molar-refractivity contribution in [1.82, 2.24) is 0 Å². The van der Waals surface area contributed by atoms with E-state index in [1.54, 1.807) is 6.92 Å². The Hall–Kier alpha value is -1.78. The first-order valence-corrected chi connectivity index (χ1v) is 4.77. The summed E-state index contributed by atoms with van der Waals surface area (Å²) in [7, 11) is 0. The van der Waals surface area contributed by atoms with Gasteiger partial charge in [-0.3, -0.25) is 4.79 Å². The second-order valence-electron chi connectivity index (χ2n) is 3.79. The largest absolute Gasteiger partial charge is 0.505 e. The summed E-state index contributed by atoms with van der Waals surface area (Å²) in [4.78, 5) is 10.5. The summed E-state index contributed by atoms with van der Waals surface area (Å²) in [6.45, 7) is 3.05. The Balaban J connectivity index is 3.19. The van der Waals surface area contributed by atoms with Gasteiger partial charge in [0.1, 0.15) is 0 Å². The Bertz CT molecular complexity index is 428. The van der Waals surface area contributed by atoms with Crippen molar-refractivity contribution in [3.63, 3.8) is 0 Å². The van der Waals surface area contributed by atoms with Crippen LogP contribution in [0.25, 0.3) is 0 Å². The SMILES string of the molecule is Cc1cc(C(C)CC(=O)O)c(O)c(F)c1O. The van der Waals surface area contributed by atoms with Gasteiger partial charge < -0.3 is 15.3 Å². The number of hydrogen-bond donors (Lipinski definition) is 3. The second kappa shape index (κ2) is 4.38. The lowest BCUT2D eigenvalue weighted by molar-refractivity contribution is -0.137. The lowest BCUT2D eigenvalue weighted by atomic mass is 9.94. The maximum atomic E-state index is 13.3. The molecule has 1 aromatic carbocycles. The summed E-state index contributed by atoms with van der Waals surface area (Å²) in [5, 5.41) is 27.3. The smallest absolute Gasteiger partial charge is 0.303 e. The molecule has 0 aliphatic rings. The van der Waals surface area contributed by atoms with E-state index in [1.807, 2.05) is 0 Å². The third-order valence-corrected chi connectivity index (χ3v) is 2.45. The number of carboxylic acid groups (broad SMARTS) is 1.